The molecule has 7 heteroatoms. The Labute approximate surface area is 148 Å². The lowest BCUT2D eigenvalue weighted by Crippen LogP contribution is -2.26. The molecule has 2 aromatic heterocycles. The molecule has 5 nitrogen and oxygen atoms in total. The summed E-state index contributed by atoms with van der Waals surface area (Å²) in [5, 5.41) is 8.51. The molecule has 124 valence electrons. The van der Waals surface area contributed by atoms with Crippen LogP contribution in [0.5, 0.6) is 0 Å². The van der Waals surface area contributed by atoms with Gasteiger partial charge in [0.05, 0.1) is 0 Å². The molecule has 0 saturated heterocycles. The van der Waals surface area contributed by atoms with Gasteiger partial charge in [-0.2, -0.15) is 16.3 Å². The number of halogens is 1. The van der Waals surface area contributed by atoms with Gasteiger partial charge in [-0.25, -0.2) is 0 Å². The molecule has 0 unspecified atom stereocenters. The summed E-state index contributed by atoms with van der Waals surface area (Å²) in [5.41, 5.74) is 1.85. The normalized spacial score (nSPS) is 10.8. The topological polar surface area (TPSA) is 59.2 Å². The fourth-order valence-electron chi connectivity index (χ4n) is 2.24. The second-order valence-corrected chi connectivity index (χ2v) is 6.55. The summed E-state index contributed by atoms with van der Waals surface area (Å²) in [7, 11) is 1.76. The predicted molar refractivity (Wildman–Crippen MR) is 93.9 cm³/mol. The van der Waals surface area contributed by atoms with Crippen LogP contribution in [0.25, 0.3) is 11.4 Å². The highest BCUT2D eigenvalue weighted by molar-refractivity contribution is 7.08. The van der Waals surface area contributed by atoms with Crippen LogP contribution in [0.4, 0.5) is 0 Å². The van der Waals surface area contributed by atoms with Crippen LogP contribution >= 0.6 is 22.9 Å². The minimum atomic E-state index is 0.00482. The van der Waals surface area contributed by atoms with Crippen molar-refractivity contribution in [2.45, 2.75) is 19.4 Å². The fraction of sp³-hybridized carbons (Fsp3) is 0.235. The zero-order chi connectivity index (χ0) is 16.9. The Bertz CT molecular complexity index is 817. The van der Waals surface area contributed by atoms with Gasteiger partial charge in [-0.3, -0.25) is 4.79 Å². The van der Waals surface area contributed by atoms with Crippen molar-refractivity contribution in [3.63, 3.8) is 0 Å². The molecule has 0 fully saturated rings. The van der Waals surface area contributed by atoms with E-state index in [1.807, 2.05) is 41.1 Å². The Balaban J connectivity index is 1.54. The first-order valence-electron chi connectivity index (χ1n) is 7.46. The number of carbonyl (C=O) groups excluding carboxylic acids is 1. The highest BCUT2D eigenvalue weighted by atomic mass is 35.5. The van der Waals surface area contributed by atoms with Gasteiger partial charge >= 0.3 is 0 Å². The highest BCUT2D eigenvalue weighted by Crippen LogP contribution is 2.19. The van der Waals surface area contributed by atoms with E-state index in [0.29, 0.717) is 36.1 Å². The van der Waals surface area contributed by atoms with Crippen LogP contribution in [0.15, 0.2) is 45.6 Å². The zero-order valence-electron chi connectivity index (χ0n) is 13.1. The van der Waals surface area contributed by atoms with Crippen molar-refractivity contribution in [1.82, 2.24) is 15.0 Å². The van der Waals surface area contributed by atoms with Gasteiger partial charge in [0.25, 0.3) is 0 Å². The van der Waals surface area contributed by atoms with Crippen molar-refractivity contribution in [1.29, 1.82) is 0 Å². The monoisotopic (exact) mass is 361 g/mol. The summed E-state index contributed by atoms with van der Waals surface area (Å²) in [6, 6.07) is 9.44. The van der Waals surface area contributed by atoms with Gasteiger partial charge < -0.3 is 9.42 Å². The number of aryl methyl sites for hydroxylation is 1. The van der Waals surface area contributed by atoms with Crippen LogP contribution in [-0.2, 0) is 17.8 Å². The molecule has 0 aliphatic rings. The zero-order valence-corrected chi connectivity index (χ0v) is 14.7. The Hall–Kier alpha value is -2.18. The maximum atomic E-state index is 12.3. The van der Waals surface area contributed by atoms with Crippen molar-refractivity contribution in [2.75, 3.05) is 7.05 Å². The molecule has 2 heterocycles. The third kappa shape index (κ3) is 4.01. The van der Waals surface area contributed by atoms with Crippen LogP contribution in [0.2, 0.25) is 5.02 Å². The van der Waals surface area contributed by atoms with E-state index >= 15 is 0 Å². The quantitative estimate of drug-likeness (QED) is 0.664. The lowest BCUT2D eigenvalue weighted by molar-refractivity contribution is -0.130. The first kappa shape index (κ1) is 16.7. The van der Waals surface area contributed by atoms with Gasteiger partial charge in [-0.15, -0.1) is 0 Å². The van der Waals surface area contributed by atoms with Crippen LogP contribution in [-0.4, -0.2) is 28.0 Å². The van der Waals surface area contributed by atoms with E-state index in [1.165, 1.54) is 0 Å². The summed E-state index contributed by atoms with van der Waals surface area (Å²) < 4.78 is 5.21. The van der Waals surface area contributed by atoms with Crippen LogP contribution in [0, 0.1) is 0 Å². The third-order valence-corrected chi connectivity index (χ3v) is 4.64. The molecule has 0 radical (unpaired) electrons. The average molecular weight is 362 g/mol. The Morgan fingerprint density at radius 2 is 2.17 bits per heavy atom. The summed E-state index contributed by atoms with van der Waals surface area (Å²) in [6.45, 7) is 0.475. The molecule has 3 rings (SSSR count). The first-order valence-corrected chi connectivity index (χ1v) is 8.78. The second-order valence-electron chi connectivity index (χ2n) is 5.36. The van der Waals surface area contributed by atoms with Crippen molar-refractivity contribution in [2.24, 2.45) is 0 Å². The van der Waals surface area contributed by atoms with E-state index in [4.69, 9.17) is 16.1 Å². The summed E-state index contributed by atoms with van der Waals surface area (Å²) in [5.74, 6) is 1.03. The Kier molecular flexibility index (Phi) is 5.27. The van der Waals surface area contributed by atoms with Crippen LogP contribution in [0.3, 0.4) is 0 Å². The lowest BCUT2D eigenvalue weighted by atomic mass is 10.2. The van der Waals surface area contributed by atoms with Gasteiger partial charge in [-0.1, -0.05) is 35.0 Å². The summed E-state index contributed by atoms with van der Waals surface area (Å²) in [4.78, 5) is 18.2. The standard InChI is InChI=1S/C17H16ClN3O2S/c1-21(10-12-4-2-3-5-14(12)18)16(22)7-6-15-19-17(20-23-15)13-8-9-24-11-13/h2-5,8-9,11H,6-7,10H2,1H3. The fourth-order valence-corrected chi connectivity index (χ4v) is 3.07. The van der Waals surface area contributed by atoms with Gasteiger partial charge in [0.1, 0.15) is 0 Å². The van der Waals surface area contributed by atoms with E-state index in [-0.39, 0.29) is 5.91 Å². The van der Waals surface area contributed by atoms with E-state index in [2.05, 4.69) is 10.1 Å². The van der Waals surface area contributed by atoms with Gasteiger partial charge in [0.15, 0.2) is 0 Å². The molecule has 24 heavy (non-hydrogen) atoms. The molecule has 3 aromatic rings. The van der Waals surface area contributed by atoms with E-state index < -0.39 is 0 Å². The molecule has 0 saturated carbocycles. The molecule has 0 N–H and O–H groups in total. The SMILES string of the molecule is CN(Cc1ccccc1Cl)C(=O)CCc1nc(-c2ccsc2)no1. The maximum Gasteiger partial charge on any atom is 0.227 e. The number of aromatic nitrogens is 2. The van der Waals surface area contributed by atoms with E-state index in [9.17, 15) is 4.79 Å². The van der Waals surface area contributed by atoms with Crippen molar-refractivity contribution < 1.29 is 9.32 Å². The van der Waals surface area contributed by atoms with E-state index in [1.54, 1.807) is 23.3 Å². The van der Waals surface area contributed by atoms with Crippen LogP contribution < -0.4 is 0 Å². The molecule has 0 atom stereocenters. The number of thiophene rings is 1. The average Bonchev–Trinajstić information content (AvgIpc) is 3.25. The number of nitrogens with zero attached hydrogens (tertiary/aromatic N) is 3. The van der Waals surface area contributed by atoms with E-state index in [0.717, 1.165) is 11.1 Å². The number of rotatable bonds is 6. The molecule has 0 aliphatic heterocycles. The Morgan fingerprint density at radius 3 is 2.92 bits per heavy atom. The van der Waals surface area contributed by atoms with Gasteiger partial charge in [0, 0.05) is 42.4 Å². The third-order valence-electron chi connectivity index (χ3n) is 3.59. The molecule has 1 aromatic carbocycles. The minimum Gasteiger partial charge on any atom is -0.341 e. The van der Waals surface area contributed by atoms with Crippen molar-refractivity contribution >= 4 is 28.8 Å². The highest BCUT2D eigenvalue weighted by Gasteiger charge is 2.14. The number of hydrogen-bond acceptors (Lipinski definition) is 5. The lowest BCUT2D eigenvalue weighted by Gasteiger charge is -2.17. The number of amides is 1. The molecular weight excluding hydrogens is 346 g/mol. The number of benzene rings is 1. The molecule has 1 amide bonds. The largest absolute Gasteiger partial charge is 0.341 e. The summed E-state index contributed by atoms with van der Waals surface area (Å²) >= 11 is 7.70. The van der Waals surface area contributed by atoms with Gasteiger partial charge in [0.2, 0.25) is 17.6 Å². The van der Waals surface area contributed by atoms with Crippen molar-refractivity contribution in [3.8, 4) is 11.4 Å². The minimum absolute atomic E-state index is 0.00482. The Morgan fingerprint density at radius 1 is 1.33 bits per heavy atom. The smallest absolute Gasteiger partial charge is 0.227 e. The van der Waals surface area contributed by atoms with Crippen LogP contribution in [0.1, 0.15) is 17.9 Å². The van der Waals surface area contributed by atoms with Crippen molar-refractivity contribution in [3.05, 3.63) is 57.6 Å². The number of hydrogen-bond donors (Lipinski definition) is 0. The molecule has 0 spiro atoms. The molecular formula is C17H16ClN3O2S. The first-order chi connectivity index (χ1) is 11.6. The second kappa shape index (κ2) is 7.59. The molecule has 0 aliphatic carbocycles. The van der Waals surface area contributed by atoms with Gasteiger partial charge in [-0.05, 0) is 23.1 Å². The number of carbonyl (C=O) groups is 1. The maximum absolute atomic E-state index is 12.3. The predicted octanol–water partition coefficient (Wildman–Crippen LogP) is 4.04. The molecule has 0 bridgehead atoms. The summed E-state index contributed by atoms with van der Waals surface area (Å²) in [6.07, 6.45) is 0.731.